The number of aliphatic imine (C=N–C) groups is 1. The Bertz CT molecular complexity index is 674. The van der Waals surface area contributed by atoms with Crippen molar-refractivity contribution in [2.75, 3.05) is 0 Å². The lowest BCUT2D eigenvalue weighted by Crippen LogP contribution is -2.30. The van der Waals surface area contributed by atoms with Crippen molar-refractivity contribution in [1.82, 2.24) is 5.32 Å². The minimum Gasteiger partial charge on any atom is -0.357 e. The fourth-order valence-electron chi connectivity index (χ4n) is 2.18. The highest BCUT2D eigenvalue weighted by atomic mass is 16.1. The molecule has 0 saturated carbocycles. The fraction of sp³-hybridized carbons (Fsp3) is 0.0588. The van der Waals surface area contributed by atoms with E-state index in [1.165, 1.54) is 0 Å². The van der Waals surface area contributed by atoms with Gasteiger partial charge in [0.2, 0.25) is 0 Å². The summed E-state index contributed by atoms with van der Waals surface area (Å²) in [5.74, 6) is 0.699. The summed E-state index contributed by atoms with van der Waals surface area (Å²) in [6.45, 7) is 0. The number of amidine groups is 1. The van der Waals surface area contributed by atoms with E-state index in [2.05, 4.69) is 10.3 Å². The molecule has 0 amide bonds. The van der Waals surface area contributed by atoms with Crippen molar-refractivity contribution >= 4 is 23.9 Å². The SMILES string of the molecule is O=CC1NC(C=Cc2ccccc2)=Nc2ccccc21. The predicted octanol–water partition coefficient (Wildman–Crippen LogP) is 3.27. The predicted molar refractivity (Wildman–Crippen MR) is 81.0 cm³/mol. The second-order valence-electron chi connectivity index (χ2n) is 4.56. The smallest absolute Gasteiger partial charge is 0.146 e. The van der Waals surface area contributed by atoms with E-state index in [-0.39, 0.29) is 6.04 Å². The molecule has 98 valence electrons. The minimum absolute atomic E-state index is 0.334. The molecule has 1 aliphatic heterocycles. The zero-order valence-corrected chi connectivity index (χ0v) is 10.9. The Kier molecular flexibility index (Phi) is 3.42. The van der Waals surface area contributed by atoms with Gasteiger partial charge in [0.05, 0.1) is 5.69 Å². The van der Waals surface area contributed by atoms with Crippen molar-refractivity contribution in [2.45, 2.75) is 6.04 Å². The van der Waals surface area contributed by atoms with Crippen LogP contribution in [0.1, 0.15) is 17.2 Å². The third-order valence-electron chi connectivity index (χ3n) is 3.19. The number of rotatable bonds is 3. The average molecular weight is 262 g/mol. The lowest BCUT2D eigenvalue weighted by molar-refractivity contribution is -0.109. The van der Waals surface area contributed by atoms with E-state index in [1.54, 1.807) is 0 Å². The molecule has 0 bridgehead atoms. The summed E-state index contributed by atoms with van der Waals surface area (Å²) in [6, 6.07) is 17.3. The zero-order chi connectivity index (χ0) is 13.8. The maximum atomic E-state index is 11.2. The summed E-state index contributed by atoms with van der Waals surface area (Å²) >= 11 is 0. The number of nitrogens with zero attached hydrogens (tertiary/aromatic N) is 1. The lowest BCUT2D eigenvalue weighted by atomic mass is 10.0. The van der Waals surface area contributed by atoms with Gasteiger partial charge in [-0.05, 0) is 17.7 Å². The Hall–Kier alpha value is -2.68. The van der Waals surface area contributed by atoms with Crippen LogP contribution in [0.15, 0.2) is 65.7 Å². The average Bonchev–Trinajstić information content (AvgIpc) is 2.53. The zero-order valence-electron chi connectivity index (χ0n) is 10.9. The van der Waals surface area contributed by atoms with Crippen LogP contribution in [-0.4, -0.2) is 12.1 Å². The summed E-state index contributed by atoms with van der Waals surface area (Å²) in [5.41, 5.74) is 2.86. The highest BCUT2D eigenvalue weighted by Crippen LogP contribution is 2.28. The van der Waals surface area contributed by atoms with Gasteiger partial charge in [0.1, 0.15) is 18.2 Å². The molecule has 2 aromatic carbocycles. The van der Waals surface area contributed by atoms with Crippen molar-refractivity contribution < 1.29 is 4.79 Å². The standard InChI is InChI=1S/C17H14N2O/c20-12-16-14-8-4-5-9-15(14)18-17(19-16)11-10-13-6-2-1-3-7-13/h1-12,16H,(H,18,19). The molecular weight excluding hydrogens is 248 g/mol. The Labute approximate surface area is 117 Å². The monoisotopic (exact) mass is 262 g/mol. The first-order valence-electron chi connectivity index (χ1n) is 6.49. The molecule has 0 radical (unpaired) electrons. The molecule has 0 spiro atoms. The van der Waals surface area contributed by atoms with E-state index in [4.69, 9.17) is 0 Å². The second kappa shape index (κ2) is 5.53. The van der Waals surface area contributed by atoms with E-state index < -0.39 is 0 Å². The van der Waals surface area contributed by atoms with Crippen LogP contribution in [0, 0.1) is 0 Å². The van der Waals surface area contributed by atoms with Gasteiger partial charge in [-0.1, -0.05) is 54.6 Å². The van der Waals surface area contributed by atoms with Crippen molar-refractivity contribution in [2.24, 2.45) is 4.99 Å². The van der Waals surface area contributed by atoms with Crippen LogP contribution in [0.25, 0.3) is 6.08 Å². The van der Waals surface area contributed by atoms with Crippen LogP contribution >= 0.6 is 0 Å². The van der Waals surface area contributed by atoms with Gasteiger partial charge in [0, 0.05) is 5.56 Å². The number of hydrogen-bond acceptors (Lipinski definition) is 3. The third kappa shape index (κ3) is 2.52. The van der Waals surface area contributed by atoms with E-state index in [0.29, 0.717) is 5.84 Å². The molecule has 1 heterocycles. The second-order valence-corrected chi connectivity index (χ2v) is 4.56. The van der Waals surface area contributed by atoms with E-state index in [0.717, 1.165) is 23.1 Å². The largest absolute Gasteiger partial charge is 0.357 e. The number of carbonyl (C=O) groups is 1. The van der Waals surface area contributed by atoms with Crippen LogP contribution in [0.4, 0.5) is 5.69 Å². The molecule has 0 aliphatic carbocycles. The third-order valence-corrected chi connectivity index (χ3v) is 3.19. The number of nitrogens with one attached hydrogen (secondary N) is 1. The molecule has 1 unspecified atom stereocenters. The molecule has 0 fully saturated rings. The molecule has 1 N–H and O–H groups in total. The van der Waals surface area contributed by atoms with Gasteiger partial charge in [0.25, 0.3) is 0 Å². The summed E-state index contributed by atoms with van der Waals surface area (Å²) in [4.78, 5) is 15.7. The maximum Gasteiger partial charge on any atom is 0.146 e. The van der Waals surface area contributed by atoms with E-state index >= 15 is 0 Å². The Morgan fingerprint density at radius 1 is 0.950 bits per heavy atom. The van der Waals surface area contributed by atoms with Crippen LogP contribution in [0.2, 0.25) is 0 Å². The van der Waals surface area contributed by atoms with Crippen molar-refractivity contribution in [1.29, 1.82) is 0 Å². The van der Waals surface area contributed by atoms with Crippen molar-refractivity contribution in [3.8, 4) is 0 Å². The Balaban J connectivity index is 1.90. The van der Waals surface area contributed by atoms with Crippen LogP contribution in [0.5, 0.6) is 0 Å². The summed E-state index contributed by atoms with van der Waals surface area (Å²) in [5, 5.41) is 3.12. The first-order chi connectivity index (χ1) is 9.86. The molecule has 2 aromatic rings. The topological polar surface area (TPSA) is 41.5 Å². The van der Waals surface area contributed by atoms with Gasteiger partial charge >= 0.3 is 0 Å². The van der Waals surface area contributed by atoms with Gasteiger partial charge in [-0.15, -0.1) is 0 Å². The highest BCUT2D eigenvalue weighted by Gasteiger charge is 2.19. The molecular formula is C17H14N2O. The molecule has 0 saturated heterocycles. The summed E-state index contributed by atoms with van der Waals surface area (Å²) < 4.78 is 0. The number of fused-ring (bicyclic) bond motifs is 1. The number of aldehydes is 1. The van der Waals surface area contributed by atoms with Gasteiger partial charge in [0.15, 0.2) is 0 Å². The van der Waals surface area contributed by atoms with Crippen molar-refractivity contribution in [3.05, 3.63) is 71.8 Å². The normalized spacial score (nSPS) is 17.2. The van der Waals surface area contributed by atoms with Gasteiger partial charge < -0.3 is 10.1 Å². The maximum absolute atomic E-state index is 11.2. The van der Waals surface area contributed by atoms with Crippen LogP contribution in [-0.2, 0) is 4.79 Å². The minimum atomic E-state index is -0.334. The number of carbonyl (C=O) groups excluding carboxylic acids is 1. The van der Waals surface area contributed by atoms with Crippen molar-refractivity contribution in [3.63, 3.8) is 0 Å². The molecule has 1 aliphatic rings. The first-order valence-corrected chi connectivity index (χ1v) is 6.49. The van der Waals surface area contributed by atoms with Crippen LogP contribution in [0.3, 0.4) is 0 Å². The molecule has 3 rings (SSSR count). The van der Waals surface area contributed by atoms with Gasteiger partial charge in [-0.25, -0.2) is 4.99 Å². The number of benzene rings is 2. The van der Waals surface area contributed by atoms with Crippen LogP contribution < -0.4 is 5.32 Å². The van der Waals surface area contributed by atoms with E-state index in [1.807, 2.05) is 66.7 Å². The fourth-order valence-corrected chi connectivity index (χ4v) is 2.18. The van der Waals surface area contributed by atoms with E-state index in [9.17, 15) is 4.79 Å². The van der Waals surface area contributed by atoms with Gasteiger partial charge in [-0.3, -0.25) is 0 Å². The number of hydrogen-bond donors (Lipinski definition) is 1. The Morgan fingerprint density at radius 3 is 2.50 bits per heavy atom. The summed E-state index contributed by atoms with van der Waals surface area (Å²) in [6.07, 6.45) is 4.77. The molecule has 1 atom stereocenters. The quantitative estimate of drug-likeness (QED) is 0.862. The number of para-hydroxylation sites is 1. The molecule has 3 nitrogen and oxygen atoms in total. The highest BCUT2D eigenvalue weighted by molar-refractivity contribution is 6.01. The van der Waals surface area contributed by atoms with Gasteiger partial charge in [-0.2, -0.15) is 0 Å². The molecule has 20 heavy (non-hydrogen) atoms. The summed E-state index contributed by atoms with van der Waals surface area (Å²) in [7, 11) is 0. The molecule has 3 heteroatoms. The molecule has 0 aromatic heterocycles. The lowest BCUT2D eigenvalue weighted by Gasteiger charge is -2.21. The Morgan fingerprint density at radius 2 is 1.70 bits per heavy atom. The first kappa shape index (κ1) is 12.4.